The summed E-state index contributed by atoms with van der Waals surface area (Å²) in [5, 5.41) is 0.855. The standard InChI is InChI=1S/C18H21Cl2N3O2S/c1-2-22-8-10-23(11-9-22)18-7-6-15(20)13-17(18)21-26(24,25)16-5-3-4-14(19)12-16/h3-7,12-13,21H,2,8-11H2,1H3/p+1. The third-order valence-corrected chi connectivity index (χ3v) is 6.45. The first kappa shape index (κ1) is 19.3. The van der Waals surface area contributed by atoms with Crippen molar-refractivity contribution in [1.82, 2.24) is 0 Å². The van der Waals surface area contributed by atoms with Crippen molar-refractivity contribution >= 4 is 44.6 Å². The number of rotatable bonds is 5. The molecule has 26 heavy (non-hydrogen) atoms. The molecule has 1 aliphatic heterocycles. The Morgan fingerprint density at radius 3 is 2.42 bits per heavy atom. The molecule has 3 rings (SSSR count). The molecule has 5 nitrogen and oxygen atoms in total. The second-order valence-corrected chi connectivity index (χ2v) is 8.87. The van der Waals surface area contributed by atoms with Crippen molar-refractivity contribution in [3.63, 3.8) is 0 Å². The van der Waals surface area contributed by atoms with Crippen molar-refractivity contribution < 1.29 is 13.3 Å². The number of anilines is 2. The van der Waals surface area contributed by atoms with Gasteiger partial charge >= 0.3 is 0 Å². The maximum Gasteiger partial charge on any atom is 0.262 e. The van der Waals surface area contributed by atoms with Crippen LogP contribution in [0.2, 0.25) is 10.0 Å². The molecule has 0 bridgehead atoms. The van der Waals surface area contributed by atoms with Crippen molar-refractivity contribution in [2.75, 3.05) is 42.3 Å². The molecule has 8 heteroatoms. The summed E-state index contributed by atoms with van der Waals surface area (Å²) in [7, 11) is -3.75. The molecule has 2 aromatic rings. The van der Waals surface area contributed by atoms with Crippen LogP contribution in [0.3, 0.4) is 0 Å². The zero-order valence-electron chi connectivity index (χ0n) is 14.5. The summed E-state index contributed by atoms with van der Waals surface area (Å²) in [6, 6.07) is 11.5. The minimum atomic E-state index is -3.75. The van der Waals surface area contributed by atoms with Crippen LogP contribution >= 0.6 is 23.2 Å². The van der Waals surface area contributed by atoms with Crippen LogP contribution in [-0.2, 0) is 10.0 Å². The highest BCUT2D eigenvalue weighted by molar-refractivity contribution is 7.92. The van der Waals surface area contributed by atoms with Crippen LogP contribution in [0.4, 0.5) is 11.4 Å². The molecule has 0 unspecified atom stereocenters. The monoisotopic (exact) mass is 414 g/mol. The number of halogens is 2. The molecule has 1 aliphatic rings. The van der Waals surface area contributed by atoms with E-state index in [2.05, 4.69) is 16.5 Å². The summed E-state index contributed by atoms with van der Waals surface area (Å²) in [6.07, 6.45) is 0. The van der Waals surface area contributed by atoms with Gasteiger partial charge in [-0.3, -0.25) is 4.72 Å². The lowest BCUT2D eigenvalue weighted by molar-refractivity contribution is -0.898. The molecule has 0 aliphatic carbocycles. The predicted molar refractivity (Wildman–Crippen MR) is 107 cm³/mol. The number of nitrogens with zero attached hydrogens (tertiary/aromatic N) is 1. The van der Waals surface area contributed by atoms with Gasteiger partial charge in [0.1, 0.15) is 0 Å². The minimum absolute atomic E-state index is 0.121. The summed E-state index contributed by atoms with van der Waals surface area (Å²) in [5.74, 6) is 0. The highest BCUT2D eigenvalue weighted by Gasteiger charge is 2.23. The molecule has 0 aromatic heterocycles. The van der Waals surface area contributed by atoms with Gasteiger partial charge in [-0.2, -0.15) is 0 Å². The fourth-order valence-electron chi connectivity index (χ4n) is 3.12. The normalized spacial score (nSPS) is 15.9. The average Bonchev–Trinajstić information content (AvgIpc) is 2.62. The van der Waals surface area contributed by atoms with Crippen LogP contribution in [0.1, 0.15) is 6.92 Å². The Balaban J connectivity index is 1.89. The van der Waals surface area contributed by atoms with E-state index in [-0.39, 0.29) is 4.90 Å². The first-order valence-corrected chi connectivity index (χ1v) is 10.8. The lowest BCUT2D eigenvalue weighted by atomic mass is 10.2. The average molecular weight is 415 g/mol. The SMILES string of the molecule is CC[NH+]1CCN(c2ccc(Cl)cc2NS(=O)(=O)c2cccc(Cl)c2)CC1. The number of hydrogen-bond donors (Lipinski definition) is 2. The van der Waals surface area contributed by atoms with E-state index in [9.17, 15) is 8.42 Å². The van der Waals surface area contributed by atoms with Gasteiger partial charge in [-0.15, -0.1) is 0 Å². The zero-order valence-corrected chi connectivity index (χ0v) is 16.8. The van der Waals surface area contributed by atoms with E-state index in [0.717, 1.165) is 38.4 Å². The maximum absolute atomic E-state index is 12.8. The number of quaternary nitrogens is 1. The number of likely N-dealkylation sites (N-methyl/N-ethyl adjacent to an activating group) is 1. The fraction of sp³-hybridized carbons (Fsp3) is 0.333. The van der Waals surface area contributed by atoms with E-state index < -0.39 is 10.0 Å². The summed E-state index contributed by atoms with van der Waals surface area (Å²) in [6.45, 7) is 7.08. The number of piperazine rings is 1. The van der Waals surface area contributed by atoms with Crippen LogP contribution in [0, 0.1) is 0 Å². The molecule has 2 N–H and O–H groups in total. The first-order valence-electron chi connectivity index (χ1n) is 8.55. The third kappa shape index (κ3) is 4.43. The van der Waals surface area contributed by atoms with E-state index in [0.29, 0.717) is 15.7 Å². The third-order valence-electron chi connectivity index (χ3n) is 4.62. The Labute approximate surface area is 164 Å². The lowest BCUT2D eigenvalue weighted by Gasteiger charge is -2.34. The zero-order chi connectivity index (χ0) is 18.7. The van der Waals surface area contributed by atoms with Gasteiger partial charge in [0.25, 0.3) is 10.0 Å². The van der Waals surface area contributed by atoms with Crippen molar-refractivity contribution in [1.29, 1.82) is 0 Å². The molecule has 140 valence electrons. The predicted octanol–water partition coefficient (Wildman–Crippen LogP) is 2.52. The van der Waals surface area contributed by atoms with E-state index >= 15 is 0 Å². The smallest absolute Gasteiger partial charge is 0.262 e. The van der Waals surface area contributed by atoms with E-state index in [1.807, 2.05) is 6.07 Å². The van der Waals surface area contributed by atoms with Crippen molar-refractivity contribution in [3.05, 3.63) is 52.5 Å². The number of sulfonamides is 1. The Bertz CT molecular complexity index is 882. The molecule has 0 spiro atoms. The van der Waals surface area contributed by atoms with E-state index in [4.69, 9.17) is 23.2 Å². The van der Waals surface area contributed by atoms with E-state index in [1.54, 1.807) is 29.2 Å². The molecule has 0 saturated carbocycles. The van der Waals surface area contributed by atoms with Crippen LogP contribution in [0.25, 0.3) is 0 Å². The summed E-state index contributed by atoms with van der Waals surface area (Å²) in [4.78, 5) is 3.87. The highest BCUT2D eigenvalue weighted by Crippen LogP contribution is 2.31. The van der Waals surface area contributed by atoms with Crippen LogP contribution in [0.15, 0.2) is 47.4 Å². The van der Waals surface area contributed by atoms with Crippen molar-refractivity contribution in [2.45, 2.75) is 11.8 Å². The van der Waals surface area contributed by atoms with Gasteiger partial charge in [-0.05, 0) is 43.3 Å². The summed E-state index contributed by atoms with van der Waals surface area (Å²) in [5.41, 5.74) is 1.33. The largest absolute Gasteiger partial charge is 0.359 e. The molecule has 0 amide bonds. The maximum atomic E-state index is 12.8. The molecule has 1 fully saturated rings. The van der Waals surface area contributed by atoms with Gasteiger partial charge in [0, 0.05) is 10.0 Å². The number of benzene rings is 2. The molecular formula is C18H22Cl2N3O2S+. The van der Waals surface area contributed by atoms with Crippen molar-refractivity contribution in [2.24, 2.45) is 0 Å². The van der Waals surface area contributed by atoms with E-state index in [1.165, 1.54) is 12.1 Å². The Morgan fingerprint density at radius 1 is 1.08 bits per heavy atom. The second kappa shape index (κ2) is 8.05. The summed E-state index contributed by atoms with van der Waals surface area (Å²) >= 11 is 12.1. The highest BCUT2D eigenvalue weighted by atomic mass is 35.5. The molecule has 2 aromatic carbocycles. The van der Waals surface area contributed by atoms with Crippen LogP contribution in [-0.4, -0.2) is 41.1 Å². The quantitative estimate of drug-likeness (QED) is 0.789. The topological polar surface area (TPSA) is 53.9 Å². The Kier molecular flexibility index (Phi) is 5.97. The Hall–Kier alpha value is -1.47. The molecular weight excluding hydrogens is 393 g/mol. The Morgan fingerprint density at radius 2 is 1.77 bits per heavy atom. The lowest BCUT2D eigenvalue weighted by Crippen LogP contribution is -3.14. The van der Waals surface area contributed by atoms with Crippen LogP contribution < -0.4 is 14.5 Å². The number of hydrogen-bond acceptors (Lipinski definition) is 3. The summed E-state index contributed by atoms with van der Waals surface area (Å²) < 4.78 is 28.2. The first-order chi connectivity index (χ1) is 12.4. The molecule has 0 radical (unpaired) electrons. The molecule has 1 heterocycles. The fourth-order valence-corrected chi connectivity index (χ4v) is 4.66. The molecule has 0 atom stereocenters. The van der Waals surface area contributed by atoms with Gasteiger partial charge < -0.3 is 9.80 Å². The minimum Gasteiger partial charge on any atom is -0.359 e. The van der Waals surface area contributed by atoms with Gasteiger partial charge in [0.05, 0.1) is 49.0 Å². The second-order valence-electron chi connectivity index (χ2n) is 6.31. The van der Waals surface area contributed by atoms with Gasteiger partial charge in [-0.1, -0.05) is 29.3 Å². The van der Waals surface area contributed by atoms with Crippen molar-refractivity contribution in [3.8, 4) is 0 Å². The van der Waals surface area contributed by atoms with Crippen LogP contribution in [0.5, 0.6) is 0 Å². The van der Waals surface area contributed by atoms with Gasteiger partial charge in [0.2, 0.25) is 0 Å². The van der Waals surface area contributed by atoms with Gasteiger partial charge in [0.15, 0.2) is 0 Å². The number of nitrogens with one attached hydrogen (secondary N) is 2. The molecule has 1 saturated heterocycles. The van der Waals surface area contributed by atoms with Gasteiger partial charge in [-0.25, -0.2) is 8.42 Å².